The molecule has 0 bridgehead atoms. The van der Waals surface area contributed by atoms with Crippen molar-refractivity contribution in [2.45, 2.75) is 25.2 Å². The van der Waals surface area contributed by atoms with Gasteiger partial charge in [0, 0.05) is 0 Å². The average Bonchev–Trinajstić information content (AvgIpc) is 2.86. The highest BCUT2D eigenvalue weighted by atomic mass is 32.2. The summed E-state index contributed by atoms with van der Waals surface area (Å²) in [6.45, 7) is 7.39. The van der Waals surface area contributed by atoms with E-state index in [4.69, 9.17) is 4.74 Å². The van der Waals surface area contributed by atoms with Crippen LogP contribution >= 0.6 is 0 Å². The number of hydrogen-bond donors (Lipinski definition) is 1. The summed E-state index contributed by atoms with van der Waals surface area (Å²) in [5, 5.41) is 4.00. The standard InChI is InChI=1S/C27H29N3O4S/c1-4-17-34-24-11-8-9-22(18-24)19-28-29-27(31)20-30(26-12-7-6-10-23(26)5-2)35(32,33)25-15-13-21(3)14-16-25/h4,6-16,18-19H,1,5,17,20H2,2-3H3,(H,29,31)/b28-19-. The molecule has 0 unspecified atom stereocenters. The van der Waals surface area contributed by atoms with Crippen LogP contribution in [0.1, 0.15) is 23.6 Å². The molecule has 0 fully saturated rings. The topological polar surface area (TPSA) is 88.1 Å². The van der Waals surface area contributed by atoms with Crippen molar-refractivity contribution >= 4 is 27.8 Å². The number of amides is 1. The number of carbonyl (C=O) groups excluding carboxylic acids is 1. The summed E-state index contributed by atoms with van der Waals surface area (Å²) in [7, 11) is -3.99. The lowest BCUT2D eigenvalue weighted by atomic mass is 10.1. The van der Waals surface area contributed by atoms with E-state index >= 15 is 0 Å². The molecule has 0 spiro atoms. The van der Waals surface area contributed by atoms with E-state index in [0.717, 1.165) is 15.4 Å². The number of hydrazone groups is 1. The van der Waals surface area contributed by atoms with Crippen molar-refractivity contribution in [3.8, 4) is 5.75 Å². The second-order valence-electron chi connectivity index (χ2n) is 7.77. The van der Waals surface area contributed by atoms with E-state index in [1.165, 1.54) is 6.21 Å². The fraction of sp³-hybridized carbons (Fsp3) is 0.185. The number of carbonyl (C=O) groups is 1. The number of ether oxygens (including phenoxy) is 1. The van der Waals surface area contributed by atoms with E-state index in [-0.39, 0.29) is 4.90 Å². The molecule has 3 rings (SSSR count). The second-order valence-corrected chi connectivity index (χ2v) is 9.63. The molecule has 0 aliphatic carbocycles. The lowest BCUT2D eigenvalue weighted by molar-refractivity contribution is -0.119. The predicted octanol–water partition coefficient (Wildman–Crippen LogP) is 4.47. The highest BCUT2D eigenvalue weighted by Gasteiger charge is 2.28. The quantitative estimate of drug-likeness (QED) is 0.244. The molecule has 8 heteroatoms. The molecule has 0 radical (unpaired) electrons. The van der Waals surface area contributed by atoms with Gasteiger partial charge in [-0.25, -0.2) is 13.8 Å². The van der Waals surface area contributed by atoms with Crippen molar-refractivity contribution < 1.29 is 17.9 Å². The van der Waals surface area contributed by atoms with E-state index in [2.05, 4.69) is 17.1 Å². The van der Waals surface area contributed by atoms with Gasteiger partial charge in [0.15, 0.2) is 0 Å². The summed E-state index contributed by atoms with van der Waals surface area (Å²) in [5.41, 5.74) is 5.36. The number of aryl methyl sites for hydroxylation is 2. The first kappa shape index (κ1) is 25.7. The molecule has 0 atom stereocenters. The zero-order chi connectivity index (χ0) is 25.3. The van der Waals surface area contributed by atoms with Gasteiger partial charge in [-0.05, 0) is 54.8 Å². The Morgan fingerprint density at radius 3 is 2.54 bits per heavy atom. The van der Waals surface area contributed by atoms with E-state index in [0.29, 0.717) is 30.0 Å². The monoisotopic (exact) mass is 491 g/mol. The van der Waals surface area contributed by atoms with Gasteiger partial charge in [-0.3, -0.25) is 9.10 Å². The van der Waals surface area contributed by atoms with Gasteiger partial charge in [0.1, 0.15) is 18.9 Å². The first-order chi connectivity index (χ1) is 16.8. The smallest absolute Gasteiger partial charge is 0.264 e. The molecule has 0 heterocycles. The highest BCUT2D eigenvalue weighted by Crippen LogP contribution is 2.27. The summed E-state index contributed by atoms with van der Waals surface area (Å²) >= 11 is 0. The molecule has 0 saturated heterocycles. The fourth-order valence-electron chi connectivity index (χ4n) is 3.37. The molecular formula is C27H29N3O4S. The molecule has 7 nitrogen and oxygen atoms in total. The Kier molecular flexibility index (Phi) is 8.80. The van der Waals surface area contributed by atoms with Crippen molar-refractivity contribution in [3.05, 3.63) is 102 Å². The summed E-state index contributed by atoms with van der Waals surface area (Å²) < 4.78 is 33.7. The maximum atomic E-state index is 13.6. The summed E-state index contributed by atoms with van der Waals surface area (Å²) in [4.78, 5) is 12.9. The summed E-state index contributed by atoms with van der Waals surface area (Å²) in [6, 6.07) is 20.9. The van der Waals surface area contributed by atoms with Crippen LogP contribution in [0.25, 0.3) is 0 Å². The Hall–Kier alpha value is -3.91. The minimum Gasteiger partial charge on any atom is -0.490 e. The van der Waals surface area contributed by atoms with Gasteiger partial charge in [-0.2, -0.15) is 5.10 Å². The lowest BCUT2D eigenvalue weighted by Gasteiger charge is -2.25. The number of nitrogens with one attached hydrogen (secondary N) is 1. The van der Waals surface area contributed by atoms with E-state index in [1.807, 2.05) is 32.0 Å². The van der Waals surface area contributed by atoms with Crippen molar-refractivity contribution in [1.82, 2.24) is 5.43 Å². The Balaban J connectivity index is 1.82. The lowest BCUT2D eigenvalue weighted by Crippen LogP contribution is -2.40. The Morgan fingerprint density at radius 2 is 1.83 bits per heavy atom. The van der Waals surface area contributed by atoms with Crippen LogP contribution in [-0.2, 0) is 21.2 Å². The van der Waals surface area contributed by atoms with Crippen molar-refractivity contribution in [2.75, 3.05) is 17.5 Å². The zero-order valence-electron chi connectivity index (χ0n) is 19.8. The van der Waals surface area contributed by atoms with Crippen LogP contribution in [-0.4, -0.2) is 33.7 Å². The van der Waals surface area contributed by atoms with Gasteiger partial charge in [-0.1, -0.05) is 67.6 Å². The Morgan fingerprint density at radius 1 is 1.09 bits per heavy atom. The molecule has 0 aliphatic heterocycles. The molecule has 0 aromatic heterocycles. The van der Waals surface area contributed by atoms with Gasteiger partial charge in [0.2, 0.25) is 0 Å². The first-order valence-corrected chi connectivity index (χ1v) is 12.6. The number of hydrogen-bond acceptors (Lipinski definition) is 5. The largest absolute Gasteiger partial charge is 0.490 e. The SMILES string of the molecule is C=CCOc1cccc(/C=N\NC(=O)CN(c2ccccc2CC)S(=O)(=O)c2ccc(C)cc2)c1. The molecule has 3 aromatic rings. The molecule has 182 valence electrons. The maximum absolute atomic E-state index is 13.6. The molecule has 0 aliphatic rings. The molecule has 0 saturated carbocycles. The number of anilines is 1. The third kappa shape index (κ3) is 6.80. The number of nitrogens with zero attached hydrogens (tertiary/aromatic N) is 2. The van der Waals surface area contributed by atoms with Crippen LogP contribution in [0.4, 0.5) is 5.69 Å². The average molecular weight is 492 g/mol. The number of benzene rings is 3. The van der Waals surface area contributed by atoms with Crippen molar-refractivity contribution in [3.63, 3.8) is 0 Å². The molecule has 1 N–H and O–H groups in total. The van der Waals surface area contributed by atoms with Gasteiger partial charge >= 0.3 is 0 Å². The second kappa shape index (κ2) is 12.0. The normalized spacial score (nSPS) is 11.3. The third-order valence-corrected chi connectivity index (χ3v) is 6.94. The van der Waals surface area contributed by atoms with Crippen molar-refractivity contribution in [2.24, 2.45) is 5.10 Å². The van der Waals surface area contributed by atoms with Crippen LogP contribution in [0.3, 0.4) is 0 Å². The summed E-state index contributed by atoms with van der Waals surface area (Å²) in [6.07, 6.45) is 3.73. The predicted molar refractivity (Wildman–Crippen MR) is 139 cm³/mol. The van der Waals surface area contributed by atoms with E-state index < -0.39 is 22.5 Å². The summed E-state index contributed by atoms with van der Waals surface area (Å²) in [5.74, 6) is 0.0774. The highest BCUT2D eigenvalue weighted by molar-refractivity contribution is 7.92. The van der Waals surface area contributed by atoms with E-state index in [1.54, 1.807) is 60.7 Å². The zero-order valence-corrected chi connectivity index (χ0v) is 20.7. The van der Waals surface area contributed by atoms with Crippen LogP contribution in [0.15, 0.2) is 95.4 Å². The molecule has 35 heavy (non-hydrogen) atoms. The Labute approximate surface area is 206 Å². The van der Waals surface area contributed by atoms with Crippen LogP contribution in [0.2, 0.25) is 0 Å². The third-order valence-electron chi connectivity index (χ3n) is 5.17. The fourth-order valence-corrected chi connectivity index (χ4v) is 4.83. The number of rotatable bonds is 11. The van der Waals surface area contributed by atoms with Crippen LogP contribution in [0, 0.1) is 6.92 Å². The molecule has 3 aromatic carbocycles. The molecule has 1 amide bonds. The van der Waals surface area contributed by atoms with Gasteiger partial charge < -0.3 is 4.74 Å². The van der Waals surface area contributed by atoms with E-state index in [9.17, 15) is 13.2 Å². The van der Waals surface area contributed by atoms with Crippen molar-refractivity contribution in [1.29, 1.82) is 0 Å². The maximum Gasteiger partial charge on any atom is 0.264 e. The number of sulfonamides is 1. The van der Waals surface area contributed by atoms with Crippen LogP contribution < -0.4 is 14.5 Å². The van der Waals surface area contributed by atoms with Crippen LogP contribution in [0.5, 0.6) is 5.75 Å². The van der Waals surface area contributed by atoms with Gasteiger partial charge in [0.05, 0.1) is 16.8 Å². The Bertz CT molecular complexity index is 1300. The number of para-hydroxylation sites is 1. The minimum atomic E-state index is -3.99. The minimum absolute atomic E-state index is 0.113. The molecular weight excluding hydrogens is 462 g/mol. The van der Waals surface area contributed by atoms with Gasteiger partial charge in [0.25, 0.3) is 15.9 Å². The van der Waals surface area contributed by atoms with Gasteiger partial charge in [-0.15, -0.1) is 0 Å². The first-order valence-electron chi connectivity index (χ1n) is 11.2.